The van der Waals surface area contributed by atoms with Crippen LogP contribution in [0.3, 0.4) is 0 Å². The summed E-state index contributed by atoms with van der Waals surface area (Å²) in [6, 6.07) is 7.33. The second kappa shape index (κ2) is 6.69. The lowest BCUT2D eigenvalue weighted by Gasteiger charge is -2.22. The summed E-state index contributed by atoms with van der Waals surface area (Å²) in [5.41, 5.74) is 10.5. The molecule has 0 aliphatic heterocycles. The van der Waals surface area contributed by atoms with Crippen molar-refractivity contribution in [2.24, 2.45) is 5.73 Å². The summed E-state index contributed by atoms with van der Waals surface area (Å²) in [6.07, 6.45) is 0. The molecule has 5 heteroatoms. The molecule has 0 aliphatic rings. The number of ether oxygens (including phenoxy) is 1. The molecule has 0 heterocycles. The third-order valence-electron chi connectivity index (χ3n) is 3.52. The Balaban J connectivity index is 2.68. The number of nitrogens with two attached hydrogens (primary N) is 1. The molecular formula is C16H16Br2ClNO. The van der Waals surface area contributed by atoms with Crippen molar-refractivity contribution >= 4 is 43.5 Å². The monoisotopic (exact) mass is 431 g/mol. The van der Waals surface area contributed by atoms with E-state index in [1.165, 1.54) is 0 Å². The van der Waals surface area contributed by atoms with Gasteiger partial charge in [0.15, 0.2) is 0 Å². The zero-order valence-electron chi connectivity index (χ0n) is 12.0. The van der Waals surface area contributed by atoms with Crippen molar-refractivity contribution in [2.75, 3.05) is 7.11 Å². The van der Waals surface area contributed by atoms with Gasteiger partial charge in [-0.25, -0.2) is 0 Å². The number of halogens is 3. The predicted octanol–water partition coefficient (Wildman–Crippen LogP) is 5.54. The van der Waals surface area contributed by atoms with Gasteiger partial charge in [-0.15, -0.1) is 0 Å². The molecule has 0 bridgehead atoms. The van der Waals surface area contributed by atoms with Crippen molar-refractivity contribution in [3.8, 4) is 5.75 Å². The smallest absolute Gasteiger partial charge is 0.127 e. The fourth-order valence-corrected chi connectivity index (χ4v) is 3.66. The fraction of sp³-hybridized carbons (Fsp3) is 0.250. The van der Waals surface area contributed by atoms with E-state index < -0.39 is 0 Å². The molecule has 2 aromatic rings. The zero-order valence-corrected chi connectivity index (χ0v) is 15.9. The van der Waals surface area contributed by atoms with Crippen LogP contribution in [0.15, 0.2) is 33.2 Å². The lowest BCUT2D eigenvalue weighted by atomic mass is 9.93. The van der Waals surface area contributed by atoms with E-state index in [9.17, 15) is 0 Å². The summed E-state index contributed by atoms with van der Waals surface area (Å²) < 4.78 is 7.52. The van der Waals surface area contributed by atoms with Crippen LogP contribution in [0.25, 0.3) is 0 Å². The van der Waals surface area contributed by atoms with Gasteiger partial charge in [0, 0.05) is 19.5 Å². The highest BCUT2D eigenvalue weighted by Gasteiger charge is 2.22. The Kier molecular flexibility index (Phi) is 5.36. The maximum absolute atomic E-state index is 6.51. The maximum atomic E-state index is 6.51. The van der Waals surface area contributed by atoms with Gasteiger partial charge in [-0.05, 0) is 54.8 Å². The number of hydrogen-bond acceptors (Lipinski definition) is 2. The van der Waals surface area contributed by atoms with Crippen LogP contribution >= 0.6 is 43.5 Å². The van der Waals surface area contributed by atoms with E-state index in [1.807, 2.05) is 38.1 Å². The Hall–Kier alpha value is -0.550. The van der Waals surface area contributed by atoms with Gasteiger partial charge < -0.3 is 10.5 Å². The first-order chi connectivity index (χ1) is 9.86. The number of benzene rings is 2. The van der Waals surface area contributed by atoms with E-state index in [2.05, 4.69) is 31.9 Å². The average Bonchev–Trinajstić information content (AvgIpc) is 2.44. The minimum atomic E-state index is -0.329. The molecule has 2 N–H and O–H groups in total. The molecule has 0 fully saturated rings. The van der Waals surface area contributed by atoms with Gasteiger partial charge in [-0.1, -0.05) is 43.5 Å². The zero-order chi connectivity index (χ0) is 15.7. The second-order valence-electron chi connectivity index (χ2n) is 4.89. The molecule has 0 aromatic heterocycles. The lowest BCUT2D eigenvalue weighted by molar-refractivity contribution is 0.404. The number of methoxy groups -OCH3 is 1. The molecular weight excluding hydrogens is 417 g/mol. The van der Waals surface area contributed by atoms with Crippen molar-refractivity contribution in [3.05, 3.63) is 60.5 Å². The average molecular weight is 434 g/mol. The quantitative estimate of drug-likeness (QED) is 0.690. The van der Waals surface area contributed by atoms with Crippen molar-refractivity contribution in [2.45, 2.75) is 19.9 Å². The molecule has 0 radical (unpaired) electrons. The van der Waals surface area contributed by atoms with E-state index in [0.29, 0.717) is 5.02 Å². The van der Waals surface area contributed by atoms with E-state index in [4.69, 9.17) is 22.1 Å². The first-order valence-electron chi connectivity index (χ1n) is 6.41. The highest BCUT2D eigenvalue weighted by atomic mass is 79.9. The summed E-state index contributed by atoms with van der Waals surface area (Å²) in [5, 5.41) is 0.659. The molecule has 2 nitrogen and oxygen atoms in total. The summed E-state index contributed by atoms with van der Waals surface area (Å²) in [4.78, 5) is 0. The summed E-state index contributed by atoms with van der Waals surface area (Å²) >= 11 is 13.2. The molecule has 2 aromatic carbocycles. The van der Waals surface area contributed by atoms with Crippen molar-refractivity contribution in [1.82, 2.24) is 0 Å². The first kappa shape index (κ1) is 16.8. The van der Waals surface area contributed by atoms with Crippen molar-refractivity contribution in [1.29, 1.82) is 0 Å². The molecule has 2 rings (SSSR count). The molecule has 1 atom stereocenters. The molecule has 0 saturated heterocycles. The van der Waals surface area contributed by atoms with Crippen molar-refractivity contribution in [3.63, 3.8) is 0 Å². The number of rotatable bonds is 3. The molecule has 0 amide bonds. The van der Waals surface area contributed by atoms with Crippen LogP contribution in [0.5, 0.6) is 5.75 Å². The third kappa shape index (κ3) is 3.29. The Labute approximate surface area is 146 Å². The third-order valence-corrected chi connectivity index (χ3v) is 5.30. The van der Waals surface area contributed by atoms with Gasteiger partial charge in [0.05, 0.1) is 13.2 Å². The highest BCUT2D eigenvalue weighted by Crippen LogP contribution is 2.39. The van der Waals surface area contributed by atoms with Crippen molar-refractivity contribution < 1.29 is 4.74 Å². The minimum absolute atomic E-state index is 0.329. The maximum Gasteiger partial charge on any atom is 0.127 e. The molecule has 112 valence electrons. The number of hydrogen-bond donors (Lipinski definition) is 1. The van der Waals surface area contributed by atoms with Gasteiger partial charge in [0.1, 0.15) is 5.75 Å². The van der Waals surface area contributed by atoms with Gasteiger partial charge in [-0.3, -0.25) is 0 Å². The Morgan fingerprint density at radius 1 is 1.14 bits per heavy atom. The summed E-state index contributed by atoms with van der Waals surface area (Å²) in [5.74, 6) is 0.815. The normalized spacial score (nSPS) is 12.3. The highest BCUT2D eigenvalue weighted by molar-refractivity contribution is 9.10. The molecule has 21 heavy (non-hydrogen) atoms. The van der Waals surface area contributed by atoms with Gasteiger partial charge >= 0.3 is 0 Å². The van der Waals surface area contributed by atoms with Crippen LogP contribution in [0.2, 0.25) is 5.02 Å². The van der Waals surface area contributed by atoms with Gasteiger partial charge in [-0.2, -0.15) is 0 Å². The SMILES string of the molecule is COc1c(C)cc(Br)c(C)c1C(N)c1cc(Cl)ccc1Br. The van der Waals surface area contributed by atoms with Crippen LogP contribution in [0.1, 0.15) is 28.3 Å². The standard InChI is InChI=1S/C16H16Br2ClNO/c1-8-6-13(18)9(2)14(16(8)21-3)15(20)11-7-10(19)4-5-12(11)17/h4-7,15H,20H2,1-3H3. The molecule has 1 unspecified atom stereocenters. The predicted molar refractivity (Wildman–Crippen MR) is 95.4 cm³/mol. The van der Waals surface area contributed by atoms with Crippen LogP contribution < -0.4 is 10.5 Å². The van der Waals surface area contributed by atoms with E-state index in [0.717, 1.165) is 36.9 Å². The second-order valence-corrected chi connectivity index (χ2v) is 7.04. The fourth-order valence-electron chi connectivity index (χ4n) is 2.43. The van der Waals surface area contributed by atoms with Crippen LogP contribution in [-0.2, 0) is 0 Å². The van der Waals surface area contributed by atoms with E-state index in [1.54, 1.807) is 7.11 Å². The van der Waals surface area contributed by atoms with E-state index >= 15 is 0 Å². The molecule has 0 saturated carbocycles. The first-order valence-corrected chi connectivity index (χ1v) is 8.37. The number of aryl methyl sites for hydroxylation is 1. The van der Waals surface area contributed by atoms with Gasteiger partial charge in [0.2, 0.25) is 0 Å². The van der Waals surface area contributed by atoms with Crippen LogP contribution in [0, 0.1) is 13.8 Å². The molecule has 0 aliphatic carbocycles. The Morgan fingerprint density at radius 3 is 2.43 bits per heavy atom. The lowest BCUT2D eigenvalue weighted by Crippen LogP contribution is -2.16. The minimum Gasteiger partial charge on any atom is -0.496 e. The molecule has 0 spiro atoms. The topological polar surface area (TPSA) is 35.2 Å². The summed E-state index contributed by atoms with van der Waals surface area (Å²) in [7, 11) is 1.67. The Morgan fingerprint density at radius 2 is 1.81 bits per heavy atom. The van der Waals surface area contributed by atoms with Crippen LogP contribution in [0.4, 0.5) is 0 Å². The van der Waals surface area contributed by atoms with E-state index in [-0.39, 0.29) is 6.04 Å². The van der Waals surface area contributed by atoms with Gasteiger partial charge in [0.25, 0.3) is 0 Å². The largest absolute Gasteiger partial charge is 0.496 e. The summed E-state index contributed by atoms with van der Waals surface area (Å²) in [6.45, 7) is 4.03. The van der Waals surface area contributed by atoms with Crippen LogP contribution in [-0.4, -0.2) is 7.11 Å². The Bertz CT molecular complexity index is 688.